The number of guanidine groups is 1. The molecule has 3 rings (SSSR count). The molecule has 0 fully saturated rings. The van der Waals surface area contributed by atoms with Crippen LogP contribution in [0.5, 0.6) is 0 Å². The summed E-state index contributed by atoms with van der Waals surface area (Å²) in [5, 5.41) is 16.9. The fourth-order valence-electron chi connectivity index (χ4n) is 2.87. The van der Waals surface area contributed by atoms with Crippen LogP contribution in [0.25, 0.3) is 10.8 Å². The van der Waals surface area contributed by atoms with Crippen LogP contribution in [0.4, 0.5) is 4.79 Å². The van der Waals surface area contributed by atoms with Gasteiger partial charge in [-0.25, -0.2) is 9.79 Å². The first kappa shape index (κ1) is 18.4. The van der Waals surface area contributed by atoms with Crippen molar-refractivity contribution in [3.8, 4) is 0 Å². The fourth-order valence-corrected chi connectivity index (χ4v) is 2.87. The van der Waals surface area contributed by atoms with Crippen LogP contribution < -0.4 is 16.4 Å². The normalized spacial score (nSPS) is 12.6. The summed E-state index contributed by atoms with van der Waals surface area (Å²) in [7, 11) is 0. The molecule has 0 aromatic heterocycles. The van der Waals surface area contributed by atoms with Crippen LogP contribution >= 0.6 is 0 Å². The minimum absolute atomic E-state index is 0.0187. The molecule has 6 nitrogen and oxygen atoms in total. The van der Waals surface area contributed by atoms with Gasteiger partial charge in [-0.3, -0.25) is 5.32 Å². The predicted molar refractivity (Wildman–Crippen MR) is 107 cm³/mol. The summed E-state index contributed by atoms with van der Waals surface area (Å²) in [5.41, 5.74) is 7.67. The Bertz CT molecular complexity index is 936. The Morgan fingerprint density at radius 3 is 2.48 bits per heavy atom. The van der Waals surface area contributed by atoms with Crippen LogP contribution in [0.15, 0.2) is 77.8 Å². The lowest BCUT2D eigenvalue weighted by atomic mass is 10.1. The first-order valence-corrected chi connectivity index (χ1v) is 8.67. The molecule has 0 spiro atoms. The van der Waals surface area contributed by atoms with Crippen molar-refractivity contribution in [2.45, 2.75) is 12.6 Å². The first-order chi connectivity index (χ1) is 13.2. The second-order valence-electron chi connectivity index (χ2n) is 6.08. The Hall–Kier alpha value is -3.38. The summed E-state index contributed by atoms with van der Waals surface area (Å²) in [5.74, 6) is 0.0187. The van der Waals surface area contributed by atoms with E-state index in [2.05, 4.69) is 15.6 Å². The monoisotopic (exact) mass is 362 g/mol. The number of nitrogens with zero attached hydrogens (tertiary/aromatic N) is 1. The Kier molecular flexibility index (Phi) is 6.02. The number of rotatable bonds is 5. The third-order valence-corrected chi connectivity index (χ3v) is 4.23. The topological polar surface area (TPSA) is 99.7 Å². The Balaban J connectivity index is 1.62. The van der Waals surface area contributed by atoms with E-state index in [1.54, 1.807) is 0 Å². The number of aliphatic hydroxyl groups excluding tert-OH is 1. The molecule has 0 aliphatic carbocycles. The lowest BCUT2D eigenvalue weighted by Crippen LogP contribution is -2.45. The van der Waals surface area contributed by atoms with Gasteiger partial charge >= 0.3 is 6.03 Å². The lowest BCUT2D eigenvalue weighted by molar-refractivity contribution is 0.220. The minimum Gasteiger partial charge on any atom is -0.394 e. The van der Waals surface area contributed by atoms with E-state index in [1.165, 1.54) is 0 Å². The van der Waals surface area contributed by atoms with Crippen molar-refractivity contribution in [3.63, 3.8) is 0 Å². The van der Waals surface area contributed by atoms with Gasteiger partial charge in [0, 0.05) is 0 Å². The number of benzene rings is 3. The zero-order valence-electron chi connectivity index (χ0n) is 14.8. The molecule has 1 atom stereocenters. The van der Waals surface area contributed by atoms with Crippen molar-refractivity contribution in [1.82, 2.24) is 10.6 Å². The van der Waals surface area contributed by atoms with Gasteiger partial charge in [0.15, 0.2) is 5.96 Å². The second-order valence-corrected chi connectivity index (χ2v) is 6.08. The molecule has 5 N–H and O–H groups in total. The van der Waals surface area contributed by atoms with Gasteiger partial charge in [0.1, 0.15) is 0 Å². The molecule has 0 saturated carbocycles. The van der Waals surface area contributed by atoms with Crippen molar-refractivity contribution in [2.75, 3.05) is 6.61 Å². The molecule has 1 unspecified atom stereocenters. The van der Waals surface area contributed by atoms with E-state index in [9.17, 15) is 9.90 Å². The number of nitrogens with one attached hydrogen (secondary N) is 2. The molecule has 3 aromatic rings. The molecule has 0 saturated heterocycles. The predicted octanol–water partition coefficient (Wildman–Crippen LogP) is 2.69. The van der Waals surface area contributed by atoms with Crippen LogP contribution in [0, 0.1) is 0 Å². The third kappa shape index (κ3) is 4.83. The van der Waals surface area contributed by atoms with Crippen molar-refractivity contribution >= 4 is 22.8 Å². The van der Waals surface area contributed by atoms with Crippen LogP contribution in [0.2, 0.25) is 0 Å². The van der Waals surface area contributed by atoms with Gasteiger partial charge in [0.2, 0.25) is 0 Å². The minimum atomic E-state index is -0.517. The van der Waals surface area contributed by atoms with Gasteiger partial charge in [0.05, 0.1) is 19.2 Å². The molecule has 0 radical (unpaired) electrons. The van der Waals surface area contributed by atoms with Crippen LogP contribution in [0.1, 0.15) is 17.2 Å². The third-order valence-electron chi connectivity index (χ3n) is 4.23. The highest BCUT2D eigenvalue weighted by atomic mass is 16.3. The maximum absolute atomic E-state index is 12.1. The number of aliphatic imine (C=N–C) groups is 1. The van der Waals surface area contributed by atoms with E-state index in [0.29, 0.717) is 6.54 Å². The van der Waals surface area contributed by atoms with Gasteiger partial charge in [-0.2, -0.15) is 0 Å². The molecule has 27 heavy (non-hydrogen) atoms. The molecule has 138 valence electrons. The maximum Gasteiger partial charge on any atom is 0.322 e. The van der Waals surface area contributed by atoms with E-state index in [0.717, 1.165) is 21.9 Å². The van der Waals surface area contributed by atoms with Crippen molar-refractivity contribution in [2.24, 2.45) is 10.7 Å². The summed E-state index contributed by atoms with van der Waals surface area (Å²) < 4.78 is 0. The molecule has 0 aliphatic rings. The van der Waals surface area contributed by atoms with E-state index in [-0.39, 0.29) is 12.6 Å². The Morgan fingerprint density at radius 1 is 1.00 bits per heavy atom. The number of aliphatic hydroxyl groups is 1. The van der Waals surface area contributed by atoms with Gasteiger partial charge < -0.3 is 16.2 Å². The zero-order chi connectivity index (χ0) is 19.1. The highest BCUT2D eigenvalue weighted by molar-refractivity contribution is 5.95. The molecular formula is C21H22N4O2. The number of hydrogen-bond donors (Lipinski definition) is 4. The number of hydrogen-bond acceptors (Lipinski definition) is 3. The molecule has 0 heterocycles. The van der Waals surface area contributed by atoms with Crippen LogP contribution in [0.3, 0.4) is 0 Å². The maximum atomic E-state index is 12.1. The van der Waals surface area contributed by atoms with Crippen molar-refractivity contribution < 1.29 is 9.90 Å². The molecule has 6 heteroatoms. The first-order valence-electron chi connectivity index (χ1n) is 8.67. The number of carbonyl (C=O) groups excluding carboxylic acids is 1. The number of amides is 2. The zero-order valence-corrected chi connectivity index (χ0v) is 14.8. The number of fused-ring (bicyclic) bond motifs is 1. The van der Waals surface area contributed by atoms with Crippen molar-refractivity contribution in [1.29, 1.82) is 0 Å². The summed E-state index contributed by atoms with van der Waals surface area (Å²) in [6, 6.07) is 22.2. The summed E-state index contributed by atoms with van der Waals surface area (Å²) in [6.45, 7) is 0.139. The quantitative estimate of drug-likeness (QED) is 0.415. The number of nitrogens with two attached hydrogens (primary N) is 1. The molecule has 0 bridgehead atoms. The smallest absolute Gasteiger partial charge is 0.322 e. The van der Waals surface area contributed by atoms with Crippen LogP contribution in [-0.2, 0) is 6.54 Å². The Morgan fingerprint density at radius 2 is 1.70 bits per heavy atom. The van der Waals surface area contributed by atoms with Gasteiger partial charge in [-0.05, 0) is 21.9 Å². The van der Waals surface area contributed by atoms with Crippen LogP contribution in [-0.4, -0.2) is 23.7 Å². The summed E-state index contributed by atoms with van der Waals surface area (Å²) in [6.07, 6.45) is 0. The lowest BCUT2D eigenvalue weighted by Gasteiger charge is -2.17. The average molecular weight is 362 g/mol. The van der Waals surface area contributed by atoms with E-state index in [4.69, 9.17) is 5.73 Å². The standard InChI is InChI=1S/C21H22N4O2/c22-20(23-13-17-11-6-10-15-7-4-5-12-18(15)17)25-21(27)24-19(14-26)16-8-2-1-3-9-16/h1-12,19,26H,13-14H2,(H4,22,23,24,25,27). The van der Waals surface area contributed by atoms with E-state index >= 15 is 0 Å². The SMILES string of the molecule is NC(=NCc1cccc2ccccc12)NC(=O)NC(CO)c1ccccc1. The summed E-state index contributed by atoms with van der Waals surface area (Å²) >= 11 is 0. The summed E-state index contributed by atoms with van der Waals surface area (Å²) in [4.78, 5) is 16.4. The van der Waals surface area contributed by atoms with E-state index < -0.39 is 12.1 Å². The van der Waals surface area contributed by atoms with Gasteiger partial charge in [0.25, 0.3) is 0 Å². The second kappa shape index (κ2) is 8.82. The largest absolute Gasteiger partial charge is 0.394 e. The number of carbonyl (C=O) groups is 1. The molecule has 3 aromatic carbocycles. The highest BCUT2D eigenvalue weighted by Gasteiger charge is 2.13. The highest BCUT2D eigenvalue weighted by Crippen LogP contribution is 2.19. The molecule has 0 aliphatic heterocycles. The van der Waals surface area contributed by atoms with Gasteiger partial charge in [-0.1, -0.05) is 72.8 Å². The average Bonchev–Trinajstić information content (AvgIpc) is 2.71. The fraction of sp³-hybridized carbons (Fsp3) is 0.143. The Labute approximate surface area is 157 Å². The molecule has 2 amide bonds. The van der Waals surface area contributed by atoms with Gasteiger partial charge in [-0.15, -0.1) is 0 Å². The number of urea groups is 1. The van der Waals surface area contributed by atoms with E-state index in [1.807, 2.05) is 72.8 Å². The molecular weight excluding hydrogens is 340 g/mol. The van der Waals surface area contributed by atoms with Crippen molar-refractivity contribution in [3.05, 3.63) is 83.9 Å².